The van der Waals surface area contributed by atoms with Gasteiger partial charge in [-0.2, -0.15) is 0 Å². The molecule has 2 aromatic carbocycles. The molecule has 4 N–H and O–H groups in total. The van der Waals surface area contributed by atoms with E-state index in [0.717, 1.165) is 40.8 Å². The van der Waals surface area contributed by atoms with Crippen molar-refractivity contribution >= 4 is 69.4 Å². The van der Waals surface area contributed by atoms with Gasteiger partial charge in [0.2, 0.25) is 0 Å². The molecule has 4 fully saturated rings. The number of anilines is 2. The van der Waals surface area contributed by atoms with Crippen LogP contribution in [-0.2, 0) is 0 Å². The Morgan fingerprint density at radius 3 is 1.55 bits per heavy atom. The van der Waals surface area contributed by atoms with E-state index in [2.05, 4.69) is 63.4 Å². The van der Waals surface area contributed by atoms with Crippen molar-refractivity contribution < 1.29 is 14.7 Å². The third-order valence-corrected chi connectivity index (χ3v) is 13.7. The van der Waals surface area contributed by atoms with Crippen molar-refractivity contribution in [1.29, 1.82) is 0 Å². The number of rotatable bonds is 7. The fourth-order valence-electron chi connectivity index (χ4n) is 7.30. The summed E-state index contributed by atoms with van der Waals surface area (Å²) in [4.78, 5) is 37.4. The summed E-state index contributed by atoms with van der Waals surface area (Å²) in [6, 6.07) is 19.7. The summed E-state index contributed by atoms with van der Waals surface area (Å²) >= 11 is 6.73. The Balaban J connectivity index is 0.000000144. The maximum absolute atomic E-state index is 12.0. The van der Waals surface area contributed by atoms with Gasteiger partial charge < -0.3 is 26.0 Å². The number of aromatic nitrogens is 2. The molecule has 1 amide bonds. The molecular formula is C36H44N6O3S4. The average molecular weight is 737 g/mol. The van der Waals surface area contributed by atoms with Crippen LogP contribution >= 0.6 is 46.2 Å². The highest BCUT2D eigenvalue weighted by molar-refractivity contribution is 8.00. The van der Waals surface area contributed by atoms with Crippen LogP contribution < -0.4 is 11.1 Å². The van der Waals surface area contributed by atoms with Crippen LogP contribution in [0.2, 0.25) is 0 Å². The molecular weight excluding hydrogens is 693 g/mol. The van der Waals surface area contributed by atoms with Crippen molar-refractivity contribution in [3.63, 3.8) is 0 Å². The minimum atomic E-state index is -0.966. The first kappa shape index (κ1) is 35.9. The Morgan fingerprint density at radius 1 is 0.735 bits per heavy atom. The van der Waals surface area contributed by atoms with E-state index >= 15 is 0 Å². The molecule has 8 rings (SSSR count). The average Bonchev–Trinajstić information content (AvgIpc) is 3.89. The fourth-order valence-corrected chi connectivity index (χ4v) is 11.0. The van der Waals surface area contributed by atoms with Crippen molar-refractivity contribution in [2.24, 2.45) is 0 Å². The lowest BCUT2D eigenvalue weighted by molar-refractivity contribution is 0.0691. The lowest BCUT2D eigenvalue weighted by Gasteiger charge is -2.36. The van der Waals surface area contributed by atoms with Gasteiger partial charge >= 0.3 is 5.97 Å². The van der Waals surface area contributed by atoms with Crippen molar-refractivity contribution in [3.8, 4) is 0 Å². The molecule has 13 heteroatoms. The zero-order chi connectivity index (χ0) is 34.3. The number of carbonyl (C=O) groups excluding carboxylic acids is 1. The van der Waals surface area contributed by atoms with Crippen molar-refractivity contribution in [2.45, 2.75) is 95.8 Å². The predicted octanol–water partition coefficient (Wildman–Crippen LogP) is 7.94. The fraction of sp³-hybridized carbons (Fsp3) is 0.444. The van der Waals surface area contributed by atoms with Crippen molar-refractivity contribution in [2.75, 3.05) is 25.1 Å². The molecule has 4 aliphatic rings. The normalized spacial score (nSPS) is 25.8. The number of thioether (sulfide) groups is 2. The largest absolute Gasteiger partial charge is 0.476 e. The van der Waals surface area contributed by atoms with Gasteiger partial charge in [0, 0.05) is 66.6 Å². The molecule has 4 aliphatic heterocycles. The summed E-state index contributed by atoms with van der Waals surface area (Å²) < 4.78 is 0. The van der Waals surface area contributed by atoms with Gasteiger partial charge in [0.1, 0.15) is 5.69 Å². The molecule has 2 aromatic heterocycles. The third-order valence-electron chi connectivity index (χ3n) is 10.0. The van der Waals surface area contributed by atoms with Gasteiger partial charge in [-0.1, -0.05) is 0 Å². The van der Waals surface area contributed by atoms with Crippen LogP contribution in [0.3, 0.4) is 0 Å². The number of amides is 1. The van der Waals surface area contributed by atoms with Crippen LogP contribution in [0.25, 0.3) is 0 Å². The van der Waals surface area contributed by atoms with E-state index in [-0.39, 0.29) is 11.6 Å². The van der Waals surface area contributed by atoms with E-state index in [0.29, 0.717) is 10.9 Å². The summed E-state index contributed by atoms with van der Waals surface area (Å²) in [5.41, 5.74) is 11.1. The number of carboxylic acids is 1. The van der Waals surface area contributed by atoms with Gasteiger partial charge in [0.05, 0.1) is 11.0 Å². The topological polar surface area (TPSA) is 125 Å². The molecule has 6 heterocycles. The third kappa shape index (κ3) is 9.65. The number of piperidine rings is 2. The van der Waals surface area contributed by atoms with Gasteiger partial charge in [-0.25, -0.2) is 14.8 Å². The zero-order valence-corrected chi connectivity index (χ0v) is 31.1. The van der Waals surface area contributed by atoms with Crippen LogP contribution in [-0.4, -0.2) is 85.5 Å². The molecule has 2 unspecified atom stereocenters. The maximum atomic E-state index is 12.0. The van der Waals surface area contributed by atoms with Crippen LogP contribution in [0, 0.1) is 0 Å². The SMILES string of the molecule is CN1[C@@H]2CC[C@H]1CC(Sc1ccc(N)cc1)C2.CN1[C@@H]2CC[C@H]1CC(Sc1ccc(NC(=O)c3cscn3)cc1)C2.O=C(O)c1cscn1. The van der Waals surface area contributed by atoms with Gasteiger partial charge in [-0.3, -0.25) is 4.79 Å². The van der Waals surface area contributed by atoms with E-state index in [1.54, 1.807) is 10.9 Å². The molecule has 260 valence electrons. The maximum Gasteiger partial charge on any atom is 0.355 e. The first-order chi connectivity index (χ1) is 23.7. The highest BCUT2D eigenvalue weighted by Crippen LogP contribution is 2.42. The number of nitrogens with one attached hydrogen (secondary N) is 1. The zero-order valence-electron chi connectivity index (χ0n) is 27.8. The summed E-state index contributed by atoms with van der Waals surface area (Å²) in [6.07, 6.45) is 10.8. The Morgan fingerprint density at radius 2 is 1.16 bits per heavy atom. The number of nitrogens with two attached hydrogens (primary N) is 1. The standard InChI is InChI=1S/C18H21N3OS2.C14H20N2S.C4H3NO2S/c1-21-13-4-5-14(21)9-16(8-13)24-15-6-2-12(3-7-15)20-18(22)17-10-23-11-19-17;1-16-11-4-5-12(16)9-14(8-11)17-13-6-2-10(15)3-7-13;6-4(7)3-1-8-2-5-3/h2-3,6-7,10-11,13-14,16H,4-5,8-9H2,1H3,(H,20,22);2-3,6-7,11-12,14H,4-5,8-9,15H2,1H3;1-2H,(H,6,7)/t13-,14+,16?;11-,12+,14?;. The molecule has 0 radical (unpaired) electrons. The Hall–Kier alpha value is -2.94. The summed E-state index contributed by atoms with van der Waals surface area (Å²) in [5, 5.41) is 15.9. The minimum Gasteiger partial charge on any atom is -0.476 e. The molecule has 49 heavy (non-hydrogen) atoms. The molecule has 4 aromatic rings. The summed E-state index contributed by atoms with van der Waals surface area (Å²) in [5.74, 6) is -1.12. The number of nitrogen functional groups attached to an aromatic ring is 1. The lowest BCUT2D eigenvalue weighted by atomic mass is 10.0. The van der Waals surface area contributed by atoms with Crippen LogP contribution in [0.4, 0.5) is 11.4 Å². The van der Waals surface area contributed by atoms with Crippen molar-refractivity contribution in [3.05, 3.63) is 81.7 Å². The van der Waals surface area contributed by atoms with E-state index in [4.69, 9.17) is 10.8 Å². The number of fused-ring (bicyclic) bond motifs is 4. The Kier molecular flexibility index (Phi) is 12.3. The lowest BCUT2D eigenvalue weighted by Crippen LogP contribution is -2.40. The molecule has 4 bridgehead atoms. The summed E-state index contributed by atoms with van der Waals surface area (Å²) in [7, 11) is 4.58. The second kappa shape index (κ2) is 16.8. The number of carbonyl (C=O) groups is 2. The number of hydrogen-bond acceptors (Lipinski definition) is 11. The van der Waals surface area contributed by atoms with Crippen LogP contribution in [0.15, 0.2) is 80.1 Å². The highest BCUT2D eigenvalue weighted by Gasteiger charge is 2.39. The van der Waals surface area contributed by atoms with Gasteiger partial charge in [-0.15, -0.1) is 46.2 Å². The van der Waals surface area contributed by atoms with Crippen LogP contribution in [0.1, 0.15) is 72.3 Å². The number of thiazole rings is 2. The van der Waals surface area contributed by atoms with Crippen molar-refractivity contribution in [1.82, 2.24) is 19.8 Å². The second-order valence-electron chi connectivity index (χ2n) is 13.1. The minimum absolute atomic E-state index is 0.120. The molecule has 9 nitrogen and oxygen atoms in total. The Labute approximate surface area is 305 Å². The van der Waals surface area contributed by atoms with E-state index in [1.807, 2.05) is 47.8 Å². The molecule has 4 saturated heterocycles. The quantitative estimate of drug-likeness (QED) is 0.161. The van der Waals surface area contributed by atoms with E-state index in [1.165, 1.54) is 94.7 Å². The highest BCUT2D eigenvalue weighted by atomic mass is 32.2. The Bertz CT molecular complexity index is 1610. The van der Waals surface area contributed by atoms with Crippen LogP contribution in [0.5, 0.6) is 0 Å². The molecule has 0 spiro atoms. The number of nitrogens with zero attached hydrogens (tertiary/aromatic N) is 4. The van der Waals surface area contributed by atoms with E-state index in [9.17, 15) is 9.59 Å². The van der Waals surface area contributed by atoms with Gasteiger partial charge in [0.25, 0.3) is 5.91 Å². The number of carboxylic acid groups (broad SMARTS) is 1. The molecule has 0 aliphatic carbocycles. The monoisotopic (exact) mass is 736 g/mol. The smallest absolute Gasteiger partial charge is 0.355 e. The first-order valence-corrected chi connectivity index (χ1v) is 20.4. The number of aromatic carboxylic acids is 1. The van der Waals surface area contributed by atoms with Gasteiger partial charge in [0.15, 0.2) is 5.69 Å². The molecule has 6 atom stereocenters. The first-order valence-electron chi connectivity index (χ1n) is 16.8. The van der Waals surface area contributed by atoms with Gasteiger partial charge in [-0.05, 0) is 114 Å². The molecule has 0 saturated carbocycles. The second-order valence-corrected chi connectivity index (χ2v) is 17.3. The summed E-state index contributed by atoms with van der Waals surface area (Å²) in [6.45, 7) is 0. The predicted molar refractivity (Wildman–Crippen MR) is 203 cm³/mol. The van der Waals surface area contributed by atoms with E-state index < -0.39 is 5.97 Å². The number of hydrogen-bond donors (Lipinski definition) is 3. The number of benzene rings is 2.